The molecule has 1 fully saturated rings. The average Bonchev–Trinajstić information content (AvgIpc) is 3.33. The van der Waals surface area contributed by atoms with Crippen molar-refractivity contribution in [3.8, 4) is 5.75 Å². The number of rotatable bonds is 8. The third-order valence-corrected chi connectivity index (χ3v) is 6.42. The van der Waals surface area contributed by atoms with Crippen molar-refractivity contribution in [1.82, 2.24) is 9.97 Å². The first kappa shape index (κ1) is 23.0. The molecule has 1 aliphatic carbocycles. The predicted molar refractivity (Wildman–Crippen MR) is 127 cm³/mol. The molecule has 2 N–H and O–H groups in total. The van der Waals surface area contributed by atoms with Gasteiger partial charge in [0.1, 0.15) is 11.4 Å². The zero-order valence-electron chi connectivity index (χ0n) is 19.2. The molecule has 33 heavy (non-hydrogen) atoms. The molecular formula is C24H31N5O4. The van der Waals surface area contributed by atoms with Crippen LogP contribution in [0, 0.1) is 0 Å². The summed E-state index contributed by atoms with van der Waals surface area (Å²) < 4.78 is 5.47. The second-order valence-electron chi connectivity index (χ2n) is 8.53. The number of carbonyl (C=O) groups is 2. The molecule has 0 spiro atoms. The van der Waals surface area contributed by atoms with Gasteiger partial charge >= 0.3 is 0 Å². The number of methoxy groups -OCH3 is 1. The summed E-state index contributed by atoms with van der Waals surface area (Å²) >= 11 is 0. The van der Waals surface area contributed by atoms with E-state index in [0.29, 0.717) is 54.1 Å². The molecule has 1 amide bonds. The van der Waals surface area contributed by atoms with Gasteiger partial charge in [0.05, 0.1) is 19.0 Å². The van der Waals surface area contributed by atoms with Gasteiger partial charge in [0.25, 0.3) is 0 Å². The van der Waals surface area contributed by atoms with Crippen LogP contribution >= 0.6 is 0 Å². The summed E-state index contributed by atoms with van der Waals surface area (Å²) in [4.78, 5) is 38.1. The van der Waals surface area contributed by atoms with Crippen LogP contribution in [-0.2, 0) is 4.79 Å². The number of aliphatic hydroxyl groups excluding tert-OH is 1. The van der Waals surface area contributed by atoms with E-state index in [9.17, 15) is 9.59 Å². The summed E-state index contributed by atoms with van der Waals surface area (Å²) in [6, 6.07) is 5.53. The Morgan fingerprint density at radius 3 is 2.82 bits per heavy atom. The number of hydrogen-bond acceptors (Lipinski definition) is 8. The Morgan fingerprint density at radius 2 is 2.09 bits per heavy atom. The van der Waals surface area contributed by atoms with Crippen LogP contribution in [0.4, 0.5) is 23.1 Å². The first-order valence-corrected chi connectivity index (χ1v) is 11.5. The van der Waals surface area contributed by atoms with E-state index in [1.807, 2.05) is 0 Å². The third kappa shape index (κ3) is 4.93. The first-order valence-electron chi connectivity index (χ1n) is 11.5. The molecule has 9 nitrogen and oxygen atoms in total. The largest absolute Gasteiger partial charge is 0.495 e. The highest BCUT2D eigenvalue weighted by atomic mass is 16.5. The fourth-order valence-electron chi connectivity index (χ4n) is 4.55. The zero-order valence-corrected chi connectivity index (χ0v) is 19.2. The van der Waals surface area contributed by atoms with Gasteiger partial charge in [0, 0.05) is 44.6 Å². The van der Waals surface area contributed by atoms with Crippen molar-refractivity contribution in [3.05, 3.63) is 30.0 Å². The van der Waals surface area contributed by atoms with Gasteiger partial charge in [-0.25, -0.2) is 4.98 Å². The Bertz CT molecular complexity index is 1020. The minimum absolute atomic E-state index is 0.0234. The maximum absolute atomic E-state index is 12.5. The molecule has 1 saturated carbocycles. The number of carbonyl (C=O) groups excluding carboxylic acids is 2. The van der Waals surface area contributed by atoms with Crippen LogP contribution in [0.1, 0.15) is 55.3 Å². The van der Waals surface area contributed by atoms with E-state index in [0.717, 1.165) is 18.7 Å². The number of aromatic nitrogens is 2. The van der Waals surface area contributed by atoms with Crippen LogP contribution in [-0.4, -0.2) is 60.1 Å². The maximum Gasteiger partial charge on any atom is 0.229 e. The molecule has 0 atom stereocenters. The Balaban J connectivity index is 1.67. The average molecular weight is 454 g/mol. The molecule has 0 bridgehead atoms. The lowest BCUT2D eigenvalue weighted by Gasteiger charge is -2.30. The summed E-state index contributed by atoms with van der Waals surface area (Å²) in [5.74, 6) is 1.69. The number of ketones is 1. The molecule has 176 valence electrons. The van der Waals surface area contributed by atoms with E-state index < -0.39 is 0 Å². The standard InChI is InChI=1S/C24H31N5O4/c1-28-19-15-25-24(27-23(19)29(12-11-22(28)32)17-6-3-4-7-17)26-18-14-16(9-10-21(18)33-2)20(31)8-5-13-30/h9-10,14-15,17,30H,3-8,11-13H2,1-2H3,(H,25,26,27). The van der Waals surface area contributed by atoms with E-state index in [1.54, 1.807) is 43.5 Å². The van der Waals surface area contributed by atoms with Gasteiger partial charge in [0.2, 0.25) is 11.9 Å². The van der Waals surface area contributed by atoms with Gasteiger partial charge in [-0.3, -0.25) is 9.59 Å². The van der Waals surface area contributed by atoms with Crippen LogP contribution in [0.5, 0.6) is 5.75 Å². The van der Waals surface area contributed by atoms with Gasteiger partial charge in [-0.2, -0.15) is 4.98 Å². The molecule has 1 aromatic carbocycles. The molecular weight excluding hydrogens is 422 g/mol. The molecule has 9 heteroatoms. The lowest BCUT2D eigenvalue weighted by molar-refractivity contribution is -0.118. The number of aliphatic hydroxyl groups is 1. The topological polar surface area (TPSA) is 108 Å². The molecule has 2 aromatic rings. The zero-order chi connectivity index (χ0) is 23.4. The highest BCUT2D eigenvalue weighted by Gasteiger charge is 2.31. The number of Topliss-reactive ketones (excluding diaryl/α,β-unsaturated/α-hetero) is 1. The summed E-state index contributed by atoms with van der Waals surface area (Å²) in [6.07, 6.45) is 7.37. The van der Waals surface area contributed by atoms with Gasteiger partial charge in [-0.05, 0) is 37.5 Å². The predicted octanol–water partition coefficient (Wildman–Crippen LogP) is 3.30. The van der Waals surface area contributed by atoms with Crippen molar-refractivity contribution in [1.29, 1.82) is 0 Å². The van der Waals surface area contributed by atoms with Crippen LogP contribution in [0.3, 0.4) is 0 Å². The number of nitrogens with one attached hydrogen (secondary N) is 1. The van der Waals surface area contributed by atoms with Crippen LogP contribution < -0.4 is 19.9 Å². The van der Waals surface area contributed by atoms with Crippen molar-refractivity contribution in [3.63, 3.8) is 0 Å². The van der Waals surface area contributed by atoms with E-state index in [2.05, 4.69) is 15.2 Å². The second-order valence-corrected chi connectivity index (χ2v) is 8.53. The number of ether oxygens (including phenoxy) is 1. The van der Waals surface area contributed by atoms with Gasteiger partial charge in [-0.1, -0.05) is 12.8 Å². The van der Waals surface area contributed by atoms with Crippen LogP contribution in [0.25, 0.3) is 0 Å². The second kappa shape index (κ2) is 10.2. The number of fused-ring (bicyclic) bond motifs is 1. The van der Waals surface area contributed by atoms with Crippen molar-refractivity contribution in [2.75, 3.05) is 42.4 Å². The summed E-state index contributed by atoms with van der Waals surface area (Å²) in [7, 11) is 3.33. The molecule has 2 aliphatic rings. The summed E-state index contributed by atoms with van der Waals surface area (Å²) in [6.45, 7) is 0.611. The highest BCUT2D eigenvalue weighted by Crippen LogP contribution is 2.37. The lowest BCUT2D eigenvalue weighted by Crippen LogP contribution is -2.34. The van der Waals surface area contributed by atoms with Crippen LogP contribution in [0.15, 0.2) is 24.4 Å². The molecule has 0 unspecified atom stereocenters. The Labute approximate surface area is 193 Å². The fraction of sp³-hybridized carbons (Fsp3) is 0.500. The first-order chi connectivity index (χ1) is 16.0. The van der Waals surface area contributed by atoms with E-state index in [-0.39, 0.29) is 24.7 Å². The summed E-state index contributed by atoms with van der Waals surface area (Å²) in [5.41, 5.74) is 1.81. The number of hydrogen-bond donors (Lipinski definition) is 2. The number of anilines is 4. The Morgan fingerprint density at radius 1 is 1.30 bits per heavy atom. The van der Waals surface area contributed by atoms with Gasteiger partial charge in [-0.15, -0.1) is 0 Å². The number of amides is 1. The highest BCUT2D eigenvalue weighted by molar-refractivity contribution is 5.98. The van der Waals surface area contributed by atoms with E-state index in [4.69, 9.17) is 14.8 Å². The minimum atomic E-state index is -0.0508. The number of benzene rings is 1. The molecule has 1 aliphatic heterocycles. The molecule has 0 radical (unpaired) electrons. The fourth-order valence-corrected chi connectivity index (χ4v) is 4.55. The SMILES string of the molecule is COc1ccc(C(=O)CCCO)cc1Nc1ncc2c(n1)N(C1CCCC1)CCC(=O)N2C. The molecule has 1 aromatic heterocycles. The summed E-state index contributed by atoms with van der Waals surface area (Å²) in [5, 5.41) is 12.2. The molecule has 2 heterocycles. The Hall–Kier alpha value is -3.20. The smallest absolute Gasteiger partial charge is 0.229 e. The normalized spacial score (nSPS) is 16.5. The monoisotopic (exact) mass is 453 g/mol. The van der Waals surface area contributed by atoms with E-state index in [1.165, 1.54) is 12.8 Å². The quantitative estimate of drug-likeness (QED) is 0.586. The Kier molecular flexibility index (Phi) is 7.08. The molecule has 4 rings (SSSR count). The van der Waals surface area contributed by atoms with E-state index >= 15 is 0 Å². The van der Waals surface area contributed by atoms with Crippen molar-refractivity contribution in [2.45, 2.75) is 51.0 Å². The third-order valence-electron chi connectivity index (χ3n) is 6.42. The van der Waals surface area contributed by atoms with Crippen LogP contribution in [0.2, 0.25) is 0 Å². The minimum Gasteiger partial charge on any atom is -0.495 e. The van der Waals surface area contributed by atoms with Crippen molar-refractivity contribution >= 4 is 34.8 Å². The van der Waals surface area contributed by atoms with Crippen molar-refractivity contribution in [2.24, 2.45) is 0 Å². The number of nitrogens with zero attached hydrogens (tertiary/aromatic N) is 4. The lowest BCUT2D eigenvalue weighted by atomic mass is 10.1. The van der Waals surface area contributed by atoms with Gasteiger partial charge in [0.15, 0.2) is 11.6 Å². The van der Waals surface area contributed by atoms with Crippen molar-refractivity contribution < 1.29 is 19.4 Å². The maximum atomic E-state index is 12.5. The van der Waals surface area contributed by atoms with Gasteiger partial charge < -0.3 is 25.0 Å². The molecule has 0 saturated heterocycles.